The second-order valence-electron chi connectivity index (χ2n) is 5.59. The van der Waals surface area contributed by atoms with Crippen molar-refractivity contribution in [2.45, 2.75) is 32.6 Å². The molecule has 2 rings (SSSR count). The summed E-state index contributed by atoms with van der Waals surface area (Å²) in [5.41, 5.74) is 2.27. The number of amides is 1. The van der Waals surface area contributed by atoms with E-state index in [1.165, 1.54) is 12.8 Å². The number of hydrogen-bond donors (Lipinski definition) is 1. The summed E-state index contributed by atoms with van der Waals surface area (Å²) in [7, 11) is 3.42. The minimum Gasteiger partial charge on any atom is -0.497 e. The van der Waals surface area contributed by atoms with Gasteiger partial charge in [-0.2, -0.15) is 5.10 Å². The second-order valence-corrected chi connectivity index (χ2v) is 5.59. The van der Waals surface area contributed by atoms with Crippen molar-refractivity contribution in [3.8, 4) is 17.0 Å². The number of aromatic nitrogens is 2. The largest absolute Gasteiger partial charge is 0.497 e. The molecule has 1 aromatic carbocycles. The lowest BCUT2D eigenvalue weighted by Gasteiger charge is -2.04. The highest BCUT2D eigenvalue weighted by Crippen LogP contribution is 2.23. The molecule has 23 heavy (non-hydrogen) atoms. The number of ether oxygens (including phenoxy) is 1. The molecular weight excluding hydrogens is 290 g/mol. The molecule has 0 aliphatic carbocycles. The lowest BCUT2D eigenvalue weighted by atomic mass is 10.1. The Morgan fingerprint density at radius 2 is 2.09 bits per heavy atom. The van der Waals surface area contributed by atoms with Crippen LogP contribution in [-0.2, 0) is 7.05 Å². The fourth-order valence-electron chi connectivity index (χ4n) is 2.45. The fraction of sp³-hybridized carbons (Fsp3) is 0.444. The Hall–Kier alpha value is -2.30. The molecule has 0 unspecified atom stereocenters. The zero-order valence-electron chi connectivity index (χ0n) is 14.1. The van der Waals surface area contributed by atoms with Gasteiger partial charge in [-0.05, 0) is 24.6 Å². The molecule has 0 fully saturated rings. The van der Waals surface area contributed by atoms with Crippen molar-refractivity contribution in [2.75, 3.05) is 13.7 Å². The van der Waals surface area contributed by atoms with Crippen molar-refractivity contribution in [2.24, 2.45) is 7.05 Å². The lowest BCUT2D eigenvalue weighted by molar-refractivity contribution is 0.0943. The summed E-state index contributed by atoms with van der Waals surface area (Å²) in [5.74, 6) is 0.695. The zero-order chi connectivity index (χ0) is 16.7. The predicted molar refractivity (Wildman–Crippen MR) is 91.7 cm³/mol. The van der Waals surface area contributed by atoms with Gasteiger partial charge in [-0.3, -0.25) is 9.48 Å². The Morgan fingerprint density at radius 1 is 1.26 bits per heavy atom. The van der Waals surface area contributed by atoms with Gasteiger partial charge in [0.05, 0.1) is 12.8 Å². The molecular formula is C18H25N3O2. The maximum absolute atomic E-state index is 12.3. The Morgan fingerprint density at radius 3 is 2.83 bits per heavy atom. The SMILES string of the molecule is CCCCCCNC(=O)c1cc(-c2cccc(OC)c2)nn1C. The first-order chi connectivity index (χ1) is 11.2. The normalized spacial score (nSPS) is 10.6. The van der Waals surface area contributed by atoms with Gasteiger partial charge in [0.25, 0.3) is 5.91 Å². The fourth-order valence-corrected chi connectivity index (χ4v) is 2.45. The van der Waals surface area contributed by atoms with Crippen LogP contribution in [0.4, 0.5) is 0 Å². The lowest BCUT2D eigenvalue weighted by Crippen LogP contribution is -2.26. The Balaban J connectivity index is 2.03. The molecule has 1 N–H and O–H groups in total. The number of benzene rings is 1. The number of rotatable bonds is 8. The summed E-state index contributed by atoms with van der Waals surface area (Å²) >= 11 is 0. The van der Waals surface area contributed by atoms with Crippen LogP contribution < -0.4 is 10.1 Å². The highest BCUT2D eigenvalue weighted by Gasteiger charge is 2.14. The number of nitrogens with one attached hydrogen (secondary N) is 1. The van der Waals surface area contributed by atoms with E-state index in [1.807, 2.05) is 30.3 Å². The van der Waals surface area contributed by atoms with Crippen LogP contribution in [0, 0.1) is 0 Å². The monoisotopic (exact) mass is 315 g/mol. The van der Waals surface area contributed by atoms with Crippen molar-refractivity contribution in [3.63, 3.8) is 0 Å². The van der Waals surface area contributed by atoms with E-state index in [2.05, 4.69) is 17.3 Å². The Labute approximate surface area is 137 Å². The van der Waals surface area contributed by atoms with Crippen LogP contribution in [0.15, 0.2) is 30.3 Å². The molecule has 124 valence electrons. The molecule has 2 aromatic rings. The third-order valence-electron chi connectivity index (χ3n) is 3.79. The first-order valence-electron chi connectivity index (χ1n) is 8.12. The summed E-state index contributed by atoms with van der Waals surface area (Å²) in [6.45, 7) is 2.88. The molecule has 0 saturated carbocycles. The number of carbonyl (C=O) groups is 1. The molecule has 0 bridgehead atoms. The van der Waals surface area contributed by atoms with Gasteiger partial charge in [-0.25, -0.2) is 0 Å². The van der Waals surface area contributed by atoms with Crippen LogP contribution in [0.1, 0.15) is 43.1 Å². The van der Waals surface area contributed by atoms with Crippen molar-refractivity contribution >= 4 is 5.91 Å². The van der Waals surface area contributed by atoms with Crippen molar-refractivity contribution in [1.82, 2.24) is 15.1 Å². The highest BCUT2D eigenvalue weighted by atomic mass is 16.5. The number of unbranched alkanes of at least 4 members (excludes halogenated alkanes) is 3. The first-order valence-corrected chi connectivity index (χ1v) is 8.12. The molecule has 0 aliphatic heterocycles. The van der Waals surface area contributed by atoms with Crippen LogP contribution in [0.5, 0.6) is 5.75 Å². The van der Waals surface area contributed by atoms with Crippen molar-refractivity contribution < 1.29 is 9.53 Å². The van der Waals surface area contributed by atoms with E-state index in [9.17, 15) is 4.79 Å². The molecule has 0 spiro atoms. The molecule has 5 nitrogen and oxygen atoms in total. The van der Waals surface area contributed by atoms with Crippen LogP contribution in [0.3, 0.4) is 0 Å². The molecule has 0 saturated heterocycles. The van der Waals surface area contributed by atoms with Crippen LogP contribution in [0.25, 0.3) is 11.3 Å². The van der Waals surface area contributed by atoms with Gasteiger partial charge in [0.2, 0.25) is 0 Å². The summed E-state index contributed by atoms with van der Waals surface area (Å²) in [6, 6.07) is 9.48. The Bertz CT molecular complexity index is 649. The maximum atomic E-state index is 12.3. The van der Waals surface area contributed by atoms with Gasteiger partial charge in [0, 0.05) is 19.2 Å². The zero-order valence-corrected chi connectivity index (χ0v) is 14.1. The summed E-state index contributed by atoms with van der Waals surface area (Å²) < 4.78 is 6.85. The molecule has 0 atom stereocenters. The van der Waals surface area contributed by atoms with Crippen molar-refractivity contribution in [1.29, 1.82) is 0 Å². The smallest absolute Gasteiger partial charge is 0.269 e. The van der Waals surface area contributed by atoms with E-state index in [0.29, 0.717) is 12.2 Å². The van der Waals surface area contributed by atoms with E-state index < -0.39 is 0 Å². The van der Waals surface area contributed by atoms with Gasteiger partial charge in [0.1, 0.15) is 11.4 Å². The van der Waals surface area contributed by atoms with Gasteiger partial charge in [-0.1, -0.05) is 38.3 Å². The van der Waals surface area contributed by atoms with Crippen molar-refractivity contribution in [3.05, 3.63) is 36.0 Å². The number of hydrogen-bond acceptors (Lipinski definition) is 3. The Kier molecular flexibility index (Phi) is 6.20. The summed E-state index contributed by atoms with van der Waals surface area (Å²) in [4.78, 5) is 12.3. The van der Waals surface area contributed by atoms with E-state index in [-0.39, 0.29) is 5.91 Å². The molecule has 1 amide bonds. The highest BCUT2D eigenvalue weighted by molar-refractivity contribution is 5.93. The average Bonchev–Trinajstić information content (AvgIpc) is 2.96. The van der Waals surface area contributed by atoms with E-state index in [4.69, 9.17) is 4.74 Å². The third kappa shape index (κ3) is 4.58. The van der Waals surface area contributed by atoms with Crippen LogP contribution in [-0.4, -0.2) is 29.3 Å². The van der Waals surface area contributed by atoms with Gasteiger partial charge in [-0.15, -0.1) is 0 Å². The standard InChI is InChI=1S/C18H25N3O2/c1-4-5-6-7-11-19-18(22)17-13-16(20-21(17)2)14-9-8-10-15(12-14)23-3/h8-10,12-13H,4-7,11H2,1-3H3,(H,19,22). The number of carbonyl (C=O) groups excluding carboxylic acids is 1. The minimum absolute atomic E-state index is 0.0781. The molecule has 0 radical (unpaired) electrons. The van der Waals surface area contributed by atoms with Gasteiger partial charge >= 0.3 is 0 Å². The number of nitrogens with zero attached hydrogens (tertiary/aromatic N) is 2. The predicted octanol–water partition coefficient (Wildman–Crippen LogP) is 3.41. The summed E-state index contributed by atoms with van der Waals surface area (Å²) in [5, 5.41) is 7.40. The topological polar surface area (TPSA) is 56.1 Å². The van der Waals surface area contributed by atoms with Crippen LogP contribution in [0.2, 0.25) is 0 Å². The third-order valence-corrected chi connectivity index (χ3v) is 3.79. The molecule has 5 heteroatoms. The van der Waals surface area contributed by atoms with E-state index >= 15 is 0 Å². The first kappa shape index (κ1) is 17.1. The maximum Gasteiger partial charge on any atom is 0.269 e. The molecule has 0 aliphatic rings. The molecule has 1 heterocycles. The van der Waals surface area contributed by atoms with Gasteiger partial charge in [0.15, 0.2) is 0 Å². The summed E-state index contributed by atoms with van der Waals surface area (Å²) in [6.07, 6.45) is 4.57. The van der Waals surface area contributed by atoms with Crippen LogP contribution >= 0.6 is 0 Å². The van der Waals surface area contributed by atoms with E-state index in [1.54, 1.807) is 18.8 Å². The number of methoxy groups -OCH3 is 1. The van der Waals surface area contributed by atoms with E-state index in [0.717, 1.165) is 29.8 Å². The van der Waals surface area contributed by atoms with Gasteiger partial charge < -0.3 is 10.1 Å². The number of aryl methyl sites for hydroxylation is 1. The minimum atomic E-state index is -0.0781. The second kappa shape index (κ2) is 8.36. The quantitative estimate of drug-likeness (QED) is 0.760. The average molecular weight is 315 g/mol. The molecule has 1 aromatic heterocycles.